The van der Waals surface area contributed by atoms with Crippen molar-refractivity contribution in [3.05, 3.63) is 23.8 Å². The number of amides is 2. The van der Waals surface area contributed by atoms with Crippen LogP contribution < -0.4 is 0 Å². The molecule has 1 aromatic rings. The van der Waals surface area contributed by atoms with E-state index in [4.69, 9.17) is 4.74 Å². The summed E-state index contributed by atoms with van der Waals surface area (Å²) in [5.41, 5.74) is 0.126. The molecule has 2 atom stereocenters. The van der Waals surface area contributed by atoms with Gasteiger partial charge in [0.1, 0.15) is 12.1 Å². The van der Waals surface area contributed by atoms with Crippen LogP contribution >= 0.6 is 11.8 Å². The number of carbonyl (C=O) groups is 4. The number of thioether (sulfide) groups is 1. The fraction of sp³-hybridized carbons (Fsp3) is 0.524. The standard InChI is InChI=1S/C21H28N2O7S/c1-4-30-18(26)9-11-31-21(29)15-6-5-10-23(15)19(27)13(2)22(3)20(28)14-7-8-16(24)17(25)12-14/h7-8,12-13,15,24-25H,4-6,9-11H2,1-3H3. The molecule has 2 N–H and O–H groups in total. The zero-order valence-corrected chi connectivity index (χ0v) is 18.7. The molecular formula is C21H28N2O7S. The van der Waals surface area contributed by atoms with E-state index in [1.807, 2.05) is 0 Å². The minimum atomic E-state index is -0.832. The molecule has 1 saturated heterocycles. The van der Waals surface area contributed by atoms with Crippen molar-refractivity contribution in [1.29, 1.82) is 0 Å². The molecule has 0 radical (unpaired) electrons. The number of ether oxygens (including phenoxy) is 1. The van der Waals surface area contributed by atoms with Gasteiger partial charge in [-0.05, 0) is 44.9 Å². The number of carbonyl (C=O) groups excluding carboxylic acids is 4. The van der Waals surface area contributed by atoms with Crippen LogP contribution in [0.2, 0.25) is 0 Å². The number of phenols is 2. The van der Waals surface area contributed by atoms with Crippen LogP contribution in [-0.2, 0) is 19.1 Å². The Hall–Kier alpha value is -2.75. The first-order valence-corrected chi connectivity index (χ1v) is 11.1. The average Bonchev–Trinajstić information content (AvgIpc) is 3.23. The summed E-state index contributed by atoms with van der Waals surface area (Å²) in [5.74, 6) is -1.70. The summed E-state index contributed by atoms with van der Waals surface area (Å²) in [6.45, 7) is 4.00. The molecule has 2 amide bonds. The maximum absolute atomic E-state index is 13.0. The van der Waals surface area contributed by atoms with Crippen LogP contribution in [0.15, 0.2) is 18.2 Å². The molecule has 9 nitrogen and oxygen atoms in total. The monoisotopic (exact) mass is 452 g/mol. The van der Waals surface area contributed by atoms with Crippen LogP contribution in [0.1, 0.15) is 43.5 Å². The highest BCUT2D eigenvalue weighted by molar-refractivity contribution is 8.13. The van der Waals surface area contributed by atoms with Gasteiger partial charge in [-0.3, -0.25) is 19.2 Å². The Bertz CT molecular complexity index is 845. The van der Waals surface area contributed by atoms with E-state index in [-0.39, 0.29) is 47.1 Å². The highest BCUT2D eigenvalue weighted by Crippen LogP contribution is 2.27. The van der Waals surface area contributed by atoms with E-state index in [1.54, 1.807) is 13.8 Å². The number of benzene rings is 1. The Morgan fingerprint density at radius 2 is 1.97 bits per heavy atom. The molecule has 10 heteroatoms. The number of likely N-dealkylation sites (N-methyl/N-ethyl adjacent to an activating group) is 1. The first-order chi connectivity index (χ1) is 14.7. The number of esters is 1. The van der Waals surface area contributed by atoms with Gasteiger partial charge in [0.25, 0.3) is 5.91 Å². The average molecular weight is 453 g/mol. The molecule has 0 saturated carbocycles. The summed E-state index contributed by atoms with van der Waals surface area (Å²) in [6.07, 6.45) is 1.34. The Kier molecular flexibility index (Phi) is 8.73. The minimum absolute atomic E-state index is 0.123. The lowest BCUT2D eigenvalue weighted by molar-refractivity contribution is -0.142. The lowest BCUT2D eigenvalue weighted by atomic mass is 10.1. The molecule has 1 aliphatic heterocycles. The number of hydrogen-bond acceptors (Lipinski definition) is 8. The van der Waals surface area contributed by atoms with Crippen molar-refractivity contribution in [2.24, 2.45) is 0 Å². The van der Waals surface area contributed by atoms with Crippen LogP contribution in [0, 0.1) is 0 Å². The van der Waals surface area contributed by atoms with Crippen LogP contribution in [0.25, 0.3) is 0 Å². The van der Waals surface area contributed by atoms with Gasteiger partial charge in [-0.25, -0.2) is 0 Å². The van der Waals surface area contributed by atoms with E-state index >= 15 is 0 Å². The molecule has 0 aliphatic carbocycles. The molecule has 31 heavy (non-hydrogen) atoms. The second kappa shape index (κ2) is 11.0. The first-order valence-electron chi connectivity index (χ1n) is 10.1. The molecule has 1 heterocycles. The molecule has 2 rings (SSSR count). The first kappa shape index (κ1) is 24.5. The quantitative estimate of drug-likeness (QED) is 0.452. The number of nitrogens with zero attached hydrogens (tertiary/aromatic N) is 2. The molecular weight excluding hydrogens is 424 g/mol. The normalized spacial score (nSPS) is 16.6. The van der Waals surface area contributed by atoms with Crippen LogP contribution in [-0.4, -0.2) is 80.9 Å². The minimum Gasteiger partial charge on any atom is -0.504 e. The molecule has 0 bridgehead atoms. The highest BCUT2D eigenvalue weighted by Gasteiger charge is 2.37. The van der Waals surface area contributed by atoms with Crippen molar-refractivity contribution in [2.45, 2.75) is 45.2 Å². The van der Waals surface area contributed by atoms with Gasteiger partial charge in [-0.1, -0.05) is 11.8 Å². The zero-order chi connectivity index (χ0) is 23.1. The van der Waals surface area contributed by atoms with Crippen molar-refractivity contribution >= 4 is 34.7 Å². The summed E-state index contributed by atoms with van der Waals surface area (Å²) < 4.78 is 4.84. The lowest BCUT2D eigenvalue weighted by Gasteiger charge is -2.31. The topological polar surface area (TPSA) is 124 Å². The largest absolute Gasteiger partial charge is 0.504 e. The Morgan fingerprint density at radius 1 is 1.26 bits per heavy atom. The van der Waals surface area contributed by atoms with Gasteiger partial charge < -0.3 is 24.7 Å². The summed E-state index contributed by atoms with van der Waals surface area (Å²) in [6, 6.07) is 2.26. The number of rotatable bonds is 8. The SMILES string of the molecule is CCOC(=O)CCSC(=O)C1CCCN1C(=O)C(C)N(C)C(=O)c1ccc(O)c(O)c1. The summed E-state index contributed by atoms with van der Waals surface area (Å²) in [7, 11) is 1.47. The van der Waals surface area contributed by atoms with Crippen molar-refractivity contribution in [2.75, 3.05) is 26.0 Å². The number of likely N-dealkylation sites (tertiary alicyclic amines) is 1. The second-order valence-electron chi connectivity index (χ2n) is 7.21. The predicted molar refractivity (Wildman–Crippen MR) is 115 cm³/mol. The van der Waals surface area contributed by atoms with Crippen molar-refractivity contribution in [3.8, 4) is 11.5 Å². The Labute approximate surface area is 185 Å². The van der Waals surface area contributed by atoms with Crippen molar-refractivity contribution in [1.82, 2.24) is 9.80 Å². The van der Waals surface area contributed by atoms with E-state index in [0.717, 1.165) is 17.8 Å². The predicted octanol–water partition coefficient (Wildman–Crippen LogP) is 1.76. The smallest absolute Gasteiger partial charge is 0.306 e. The van der Waals surface area contributed by atoms with Crippen LogP contribution in [0.4, 0.5) is 0 Å². The van der Waals surface area contributed by atoms with Crippen molar-refractivity contribution in [3.63, 3.8) is 0 Å². The maximum atomic E-state index is 13.0. The van der Waals surface area contributed by atoms with E-state index in [0.29, 0.717) is 19.4 Å². The van der Waals surface area contributed by atoms with Gasteiger partial charge in [-0.15, -0.1) is 0 Å². The second-order valence-corrected chi connectivity index (χ2v) is 8.31. The maximum Gasteiger partial charge on any atom is 0.306 e. The fourth-order valence-electron chi connectivity index (χ4n) is 3.28. The van der Waals surface area contributed by atoms with E-state index in [1.165, 1.54) is 29.0 Å². The summed E-state index contributed by atoms with van der Waals surface area (Å²) in [5, 5.41) is 18.8. The molecule has 170 valence electrons. The fourth-order valence-corrected chi connectivity index (χ4v) is 4.19. The van der Waals surface area contributed by atoms with Gasteiger partial charge in [0.2, 0.25) is 11.0 Å². The van der Waals surface area contributed by atoms with Gasteiger partial charge in [0.05, 0.1) is 13.0 Å². The van der Waals surface area contributed by atoms with Gasteiger partial charge in [-0.2, -0.15) is 0 Å². The lowest BCUT2D eigenvalue weighted by Crippen LogP contribution is -2.50. The number of phenolic OH excluding ortho intramolecular Hbond substituents is 2. The van der Waals surface area contributed by atoms with Gasteiger partial charge in [0, 0.05) is 24.9 Å². The zero-order valence-electron chi connectivity index (χ0n) is 17.9. The summed E-state index contributed by atoms with van der Waals surface area (Å²) in [4.78, 5) is 52.5. The summed E-state index contributed by atoms with van der Waals surface area (Å²) >= 11 is 1.01. The Morgan fingerprint density at radius 3 is 2.61 bits per heavy atom. The highest BCUT2D eigenvalue weighted by atomic mass is 32.2. The number of aromatic hydroxyl groups is 2. The molecule has 0 spiro atoms. The third-order valence-corrected chi connectivity index (χ3v) is 6.11. The van der Waals surface area contributed by atoms with E-state index in [9.17, 15) is 29.4 Å². The third-order valence-electron chi connectivity index (χ3n) is 5.14. The molecule has 1 aliphatic rings. The molecule has 0 aromatic heterocycles. The third kappa shape index (κ3) is 6.13. The van der Waals surface area contributed by atoms with Crippen LogP contribution in [0.5, 0.6) is 11.5 Å². The van der Waals surface area contributed by atoms with E-state index < -0.39 is 23.7 Å². The Balaban J connectivity index is 1.99. The molecule has 2 unspecified atom stereocenters. The van der Waals surface area contributed by atoms with Gasteiger partial charge in [0.15, 0.2) is 11.5 Å². The molecule has 1 fully saturated rings. The van der Waals surface area contributed by atoms with Gasteiger partial charge >= 0.3 is 5.97 Å². The van der Waals surface area contributed by atoms with Crippen LogP contribution in [0.3, 0.4) is 0 Å². The van der Waals surface area contributed by atoms with Crippen molar-refractivity contribution < 1.29 is 34.1 Å². The van der Waals surface area contributed by atoms with E-state index in [2.05, 4.69) is 0 Å². The number of hydrogen-bond donors (Lipinski definition) is 2. The molecule has 1 aromatic carbocycles.